The summed E-state index contributed by atoms with van der Waals surface area (Å²) in [6, 6.07) is 3.22. The Kier molecular flexibility index (Phi) is 6.71. The van der Waals surface area contributed by atoms with Crippen LogP contribution >= 0.6 is 63.7 Å². The first-order valence-electron chi connectivity index (χ1n) is 6.45. The number of hydrogen-bond acceptors (Lipinski definition) is 2. The molecule has 1 aliphatic rings. The molecule has 0 aliphatic heterocycles. The molecule has 1 atom stereocenters. The number of halogens is 4. The van der Waals surface area contributed by atoms with E-state index in [1.165, 1.54) is 5.57 Å². The maximum Gasteiger partial charge on any atom is 0.555 e. The molecule has 0 saturated carbocycles. The van der Waals surface area contributed by atoms with E-state index < -0.39 is 6.16 Å². The second kappa shape index (κ2) is 8.14. The molecule has 0 fully saturated rings. The van der Waals surface area contributed by atoms with Gasteiger partial charge in [-0.25, -0.2) is 0 Å². The summed E-state index contributed by atoms with van der Waals surface area (Å²) in [6.07, 6.45) is 6.00. The second-order valence-electron chi connectivity index (χ2n) is 4.82. The number of rotatable bonds is 3. The highest BCUT2D eigenvalue weighted by atomic mass is 79.9. The number of ether oxygens (including phenoxy) is 1. The summed E-state index contributed by atoms with van der Waals surface area (Å²) >= 11 is 14.1. The number of carbonyl (C=O) groups is 1. The Labute approximate surface area is 168 Å². The molecule has 2 rings (SSSR count). The second-order valence-corrected chi connectivity index (χ2v) is 8.37. The molecule has 0 saturated heterocycles. The van der Waals surface area contributed by atoms with Crippen molar-refractivity contribution in [3.63, 3.8) is 0 Å². The van der Waals surface area contributed by atoms with Gasteiger partial charge >= 0.3 is 6.16 Å². The fourth-order valence-corrected chi connectivity index (χ4v) is 5.44. The van der Waals surface area contributed by atoms with Crippen LogP contribution in [0.25, 0.3) is 0 Å². The maximum absolute atomic E-state index is 10.5. The van der Waals surface area contributed by atoms with E-state index in [0.717, 1.165) is 24.6 Å². The predicted molar refractivity (Wildman–Crippen MR) is 102 cm³/mol. The van der Waals surface area contributed by atoms with E-state index in [2.05, 4.69) is 81.5 Å². The van der Waals surface area contributed by atoms with Gasteiger partial charge in [0.05, 0.1) is 4.83 Å². The fraction of sp³-hybridized carbons (Fsp3) is 0.188. The molecule has 0 heterocycles. The highest BCUT2D eigenvalue weighted by Gasteiger charge is 2.19. The zero-order valence-corrected chi connectivity index (χ0v) is 18.2. The first-order chi connectivity index (χ1) is 10.8. The van der Waals surface area contributed by atoms with Crippen molar-refractivity contribution in [2.45, 2.75) is 18.2 Å². The van der Waals surface area contributed by atoms with Crippen molar-refractivity contribution in [3.05, 3.63) is 60.5 Å². The van der Waals surface area contributed by atoms with E-state index in [9.17, 15) is 9.90 Å². The van der Waals surface area contributed by atoms with E-state index in [1.54, 1.807) is 12.1 Å². The number of hydrogen-bond donors (Lipinski definition) is 0. The van der Waals surface area contributed by atoms with Crippen LogP contribution in [-0.2, 0) is 11.5 Å². The van der Waals surface area contributed by atoms with Crippen LogP contribution in [-0.4, -0.2) is 11.0 Å². The van der Waals surface area contributed by atoms with Crippen LogP contribution in [0.5, 0.6) is 5.75 Å². The lowest BCUT2D eigenvalue weighted by Gasteiger charge is -2.19. The first-order valence-corrected chi connectivity index (χ1v) is 9.75. The fourth-order valence-electron chi connectivity index (χ4n) is 2.20. The molecule has 0 spiro atoms. The van der Waals surface area contributed by atoms with E-state index in [-0.39, 0.29) is 10.6 Å². The van der Waals surface area contributed by atoms with Gasteiger partial charge in [0.15, 0.2) is 0 Å². The van der Waals surface area contributed by atoms with Crippen molar-refractivity contribution in [3.8, 4) is 5.75 Å². The zero-order chi connectivity index (χ0) is 17.1. The molecule has 3 nitrogen and oxygen atoms in total. The Hall–Kier alpha value is -0.370. The lowest BCUT2D eigenvalue weighted by molar-refractivity contribution is 0.117. The summed E-state index contributed by atoms with van der Waals surface area (Å²) in [5.41, 5.74) is 3.32. The minimum Gasteiger partial charge on any atom is -0.392 e. The topological polar surface area (TPSA) is 46.2 Å². The zero-order valence-electron chi connectivity index (χ0n) is 11.8. The smallest absolute Gasteiger partial charge is 0.392 e. The molecule has 0 bridgehead atoms. The predicted octanol–water partition coefficient (Wildman–Crippen LogP) is 6.42. The molecule has 1 aliphatic carbocycles. The minimum absolute atomic E-state index is 0.0973. The largest absolute Gasteiger partial charge is 0.555 e. The molecule has 0 N–H and O–H groups in total. The minimum atomic E-state index is -1.59. The molecule has 1 aromatic rings. The summed E-state index contributed by atoms with van der Waals surface area (Å²) in [5, 5.41) is 10.5. The SMILES string of the molecule is CC(Cc1c(Br)cc(OC([O])=O)cc1Br)=C1C(Br)=C[C]=CC1Br. The van der Waals surface area contributed by atoms with Gasteiger partial charge in [-0.05, 0) is 48.8 Å². The van der Waals surface area contributed by atoms with E-state index >= 15 is 0 Å². The third-order valence-electron chi connectivity index (χ3n) is 3.20. The molecule has 120 valence electrons. The van der Waals surface area contributed by atoms with Gasteiger partial charge in [0.25, 0.3) is 0 Å². The molecule has 1 aromatic carbocycles. The van der Waals surface area contributed by atoms with Crippen LogP contribution in [0.2, 0.25) is 0 Å². The van der Waals surface area contributed by atoms with Gasteiger partial charge in [-0.15, -0.1) is 0 Å². The maximum atomic E-state index is 10.5. The van der Waals surface area contributed by atoms with Gasteiger partial charge in [-0.1, -0.05) is 75.4 Å². The van der Waals surface area contributed by atoms with Crippen LogP contribution in [0.4, 0.5) is 4.79 Å². The monoisotopic (exact) mass is 566 g/mol. The molecule has 1 unspecified atom stereocenters. The lowest BCUT2D eigenvalue weighted by atomic mass is 9.97. The summed E-state index contributed by atoms with van der Waals surface area (Å²) in [6.45, 7) is 2.06. The summed E-state index contributed by atoms with van der Waals surface area (Å²) in [7, 11) is 0. The summed E-state index contributed by atoms with van der Waals surface area (Å²) in [5.74, 6) is 0.201. The van der Waals surface area contributed by atoms with Crippen LogP contribution in [0, 0.1) is 6.08 Å². The molecule has 7 heteroatoms. The highest BCUT2D eigenvalue weighted by Crippen LogP contribution is 2.37. The Morgan fingerprint density at radius 1 is 1.26 bits per heavy atom. The van der Waals surface area contributed by atoms with Gasteiger partial charge in [-0.2, -0.15) is 9.90 Å². The molecular weight excluding hydrogens is 560 g/mol. The molecule has 23 heavy (non-hydrogen) atoms. The van der Waals surface area contributed by atoms with E-state index in [1.807, 2.05) is 12.2 Å². The van der Waals surface area contributed by atoms with Gasteiger partial charge in [-0.3, -0.25) is 0 Å². The summed E-state index contributed by atoms with van der Waals surface area (Å²) in [4.78, 5) is 10.6. The number of carbonyl (C=O) groups excluding carboxylic acids is 1. The van der Waals surface area contributed by atoms with Crippen LogP contribution in [0.15, 0.2) is 48.9 Å². The number of alkyl halides is 1. The number of benzene rings is 1. The van der Waals surface area contributed by atoms with Crippen molar-refractivity contribution in [2.75, 3.05) is 0 Å². The normalized spacial score (nSPS) is 19.3. The number of allylic oxidation sites excluding steroid dienone is 6. The molecule has 0 amide bonds. The Bertz CT molecular complexity index is 712. The van der Waals surface area contributed by atoms with Crippen LogP contribution in [0.3, 0.4) is 0 Å². The van der Waals surface area contributed by atoms with Crippen molar-refractivity contribution < 1.29 is 14.6 Å². The first kappa shape index (κ1) is 19.0. The molecule has 2 radical (unpaired) electrons. The van der Waals surface area contributed by atoms with Crippen LogP contribution in [0.1, 0.15) is 12.5 Å². The highest BCUT2D eigenvalue weighted by molar-refractivity contribution is 9.12. The van der Waals surface area contributed by atoms with Crippen molar-refractivity contribution in [1.29, 1.82) is 0 Å². The summed E-state index contributed by atoms with van der Waals surface area (Å²) < 4.78 is 7.09. The quantitative estimate of drug-likeness (QED) is 0.240. The Morgan fingerprint density at radius 2 is 1.87 bits per heavy atom. The third kappa shape index (κ3) is 4.81. The van der Waals surface area contributed by atoms with Crippen molar-refractivity contribution in [2.24, 2.45) is 0 Å². The van der Waals surface area contributed by atoms with Gasteiger partial charge in [0.1, 0.15) is 5.75 Å². The van der Waals surface area contributed by atoms with Gasteiger partial charge in [0, 0.05) is 13.4 Å². The lowest BCUT2D eigenvalue weighted by Crippen LogP contribution is -2.07. The van der Waals surface area contributed by atoms with Gasteiger partial charge < -0.3 is 4.74 Å². The van der Waals surface area contributed by atoms with E-state index in [4.69, 9.17) is 0 Å². The van der Waals surface area contributed by atoms with Crippen molar-refractivity contribution >= 4 is 69.9 Å². The van der Waals surface area contributed by atoms with E-state index in [0.29, 0.717) is 6.42 Å². The molecular formula is C16H10Br4O3. The standard InChI is InChI=1S/C16H10Br4O3/c1-8(15-11(17)3-2-4-12(15)18)5-10-13(19)6-9(7-14(10)20)23-16(21)22/h3-4,6-7,11H,5H2,1H3. The van der Waals surface area contributed by atoms with Crippen molar-refractivity contribution in [1.82, 2.24) is 0 Å². The average molecular weight is 570 g/mol. The Balaban J connectivity index is 2.35. The van der Waals surface area contributed by atoms with Crippen LogP contribution < -0.4 is 4.74 Å². The van der Waals surface area contributed by atoms with Gasteiger partial charge in [0.2, 0.25) is 0 Å². The molecule has 0 aromatic heterocycles. The Morgan fingerprint density at radius 3 is 2.39 bits per heavy atom. The third-order valence-corrected chi connectivity index (χ3v) is 6.00. The average Bonchev–Trinajstić information content (AvgIpc) is 2.42.